The number of nitrogens with one attached hydrogen (secondary N) is 1. The van der Waals surface area contributed by atoms with Crippen LogP contribution in [0.25, 0.3) is 0 Å². The molecule has 0 aliphatic carbocycles. The van der Waals surface area contributed by atoms with Crippen LogP contribution in [0.4, 0.5) is 0 Å². The Labute approximate surface area is 107 Å². The second-order valence-corrected chi connectivity index (χ2v) is 5.55. The number of nitrogens with zero attached hydrogens (tertiary/aromatic N) is 3. The van der Waals surface area contributed by atoms with Crippen molar-refractivity contribution in [3.63, 3.8) is 0 Å². The van der Waals surface area contributed by atoms with E-state index in [1.807, 2.05) is 11.6 Å². The van der Waals surface area contributed by atoms with Gasteiger partial charge in [-0.05, 0) is 28.9 Å². The number of aryl methyl sites for hydroxylation is 1. The molecular formula is C10H13BrN4S. The molecule has 2 aromatic rings. The first-order valence-corrected chi connectivity index (χ1v) is 6.64. The van der Waals surface area contributed by atoms with Crippen molar-refractivity contribution in [2.24, 2.45) is 7.05 Å². The van der Waals surface area contributed by atoms with E-state index in [9.17, 15) is 0 Å². The molecule has 16 heavy (non-hydrogen) atoms. The summed E-state index contributed by atoms with van der Waals surface area (Å²) in [4.78, 5) is 1.31. The molecule has 2 heterocycles. The van der Waals surface area contributed by atoms with Crippen LogP contribution in [0.5, 0.6) is 0 Å². The maximum Gasteiger partial charge on any atom is 0.149 e. The van der Waals surface area contributed by atoms with Crippen molar-refractivity contribution in [1.29, 1.82) is 0 Å². The van der Waals surface area contributed by atoms with E-state index in [0.717, 1.165) is 16.8 Å². The van der Waals surface area contributed by atoms with Gasteiger partial charge < -0.3 is 9.88 Å². The molecule has 1 N–H and O–H groups in total. The Morgan fingerprint density at radius 3 is 3.00 bits per heavy atom. The monoisotopic (exact) mass is 300 g/mol. The van der Waals surface area contributed by atoms with Gasteiger partial charge in [0, 0.05) is 28.3 Å². The maximum absolute atomic E-state index is 4.08. The zero-order valence-corrected chi connectivity index (χ0v) is 11.5. The van der Waals surface area contributed by atoms with Gasteiger partial charge in [-0.3, -0.25) is 0 Å². The molecule has 86 valence electrons. The third-order valence-corrected chi connectivity index (χ3v) is 4.04. The number of aromatic nitrogens is 3. The summed E-state index contributed by atoms with van der Waals surface area (Å²) < 4.78 is 3.07. The number of hydrogen-bond acceptors (Lipinski definition) is 4. The average molecular weight is 301 g/mol. The van der Waals surface area contributed by atoms with Crippen molar-refractivity contribution in [1.82, 2.24) is 20.1 Å². The molecule has 1 unspecified atom stereocenters. The van der Waals surface area contributed by atoms with Gasteiger partial charge in [-0.2, -0.15) is 0 Å². The zero-order chi connectivity index (χ0) is 11.5. The summed E-state index contributed by atoms with van der Waals surface area (Å²) in [5.41, 5.74) is 0. The van der Waals surface area contributed by atoms with Gasteiger partial charge in [0.2, 0.25) is 0 Å². The molecule has 0 saturated heterocycles. The Hall–Kier alpha value is -0.720. The van der Waals surface area contributed by atoms with Crippen LogP contribution in [0.1, 0.15) is 23.7 Å². The lowest BCUT2D eigenvalue weighted by atomic mass is 10.3. The summed E-state index contributed by atoms with van der Waals surface area (Å²) in [7, 11) is 1.95. The van der Waals surface area contributed by atoms with Crippen molar-refractivity contribution < 1.29 is 0 Å². The fourth-order valence-corrected chi connectivity index (χ4v) is 2.88. The standard InChI is InChI=1S/C10H13BrN4S/c1-7(10-14-13-6-15(10)2)12-4-9-3-8(11)5-16-9/h3,5-7,12H,4H2,1-2H3. The Balaban J connectivity index is 1.93. The Morgan fingerprint density at radius 2 is 2.44 bits per heavy atom. The Bertz CT molecular complexity index is 465. The topological polar surface area (TPSA) is 42.7 Å². The van der Waals surface area contributed by atoms with E-state index in [0.29, 0.717) is 0 Å². The van der Waals surface area contributed by atoms with E-state index < -0.39 is 0 Å². The molecule has 0 amide bonds. The van der Waals surface area contributed by atoms with Crippen molar-refractivity contribution in [3.8, 4) is 0 Å². The molecule has 6 heteroatoms. The van der Waals surface area contributed by atoms with E-state index in [1.165, 1.54) is 4.88 Å². The average Bonchev–Trinajstić information content (AvgIpc) is 2.84. The van der Waals surface area contributed by atoms with E-state index in [4.69, 9.17) is 0 Å². The van der Waals surface area contributed by atoms with Crippen molar-refractivity contribution in [3.05, 3.63) is 32.9 Å². The van der Waals surface area contributed by atoms with Crippen LogP contribution in [-0.2, 0) is 13.6 Å². The second-order valence-electron chi connectivity index (χ2n) is 3.63. The molecule has 1 atom stereocenters. The van der Waals surface area contributed by atoms with Crippen LogP contribution in [0.15, 0.2) is 22.2 Å². The third-order valence-electron chi connectivity index (χ3n) is 2.34. The minimum Gasteiger partial charge on any atom is -0.319 e. The number of hydrogen-bond donors (Lipinski definition) is 1. The predicted octanol–water partition coefficient (Wildman–Crippen LogP) is 2.49. The summed E-state index contributed by atoms with van der Waals surface area (Å²) in [5, 5.41) is 13.5. The van der Waals surface area contributed by atoms with Gasteiger partial charge in [0.25, 0.3) is 0 Å². The summed E-state index contributed by atoms with van der Waals surface area (Å²) in [5.74, 6) is 0.954. The highest BCUT2D eigenvalue weighted by atomic mass is 79.9. The second kappa shape index (κ2) is 5.07. The van der Waals surface area contributed by atoms with Gasteiger partial charge in [0.1, 0.15) is 12.2 Å². The van der Waals surface area contributed by atoms with Crippen LogP contribution in [0, 0.1) is 0 Å². The summed E-state index contributed by atoms with van der Waals surface area (Å²) in [6, 6.07) is 2.33. The first-order valence-electron chi connectivity index (χ1n) is 4.97. The van der Waals surface area contributed by atoms with E-state index in [-0.39, 0.29) is 6.04 Å². The smallest absolute Gasteiger partial charge is 0.149 e. The molecule has 0 bridgehead atoms. The predicted molar refractivity (Wildman–Crippen MR) is 68.3 cm³/mol. The molecule has 0 saturated carbocycles. The van der Waals surface area contributed by atoms with Gasteiger partial charge in [-0.1, -0.05) is 0 Å². The molecule has 2 aromatic heterocycles. The molecular weight excluding hydrogens is 288 g/mol. The SMILES string of the molecule is CC(NCc1cc(Br)cs1)c1nncn1C. The third kappa shape index (κ3) is 2.69. The normalized spacial score (nSPS) is 12.9. The van der Waals surface area contributed by atoms with Crippen LogP contribution in [0.3, 0.4) is 0 Å². The minimum atomic E-state index is 0.202. The lowest BCUT2D eigenvalue weighted by Gasteiger charge is -2.11. The molecule has 0 spiro atoms. The highest BCUT2D eigenvalue weighted by molar-refractivity contribution is 9.10. The van der Waals surface area contributed by atoms with E-state index in [2.05, 4.69) is 49.8 Å². The highest BCUT2D eigenvalue weighted by Crippen LogP contribution is 2.20. The van der Waals surface area contributed by atoms with Crippen LogP contribution < -0.4 is 5.32 Å². The van der Waals surface area contributed by atoms with Gasteiger partial charge >= 0.3 is 0 Å². The number of thiophene rings is 1. The Morgan fingerprint density at radius 1 is 1.62 bits per heavy atom. The number of rotatable bonds is 4. The summed E-state index contributed by atoms with van der Waals surface area (Å²) in [6.45, 7) is 2.94. The van der Waals surface area contributed by atoms with Crippen LogP contribution in [-0.4, -0.2) is 14.8 Å². The molecule has 0 aliphatic heterocycles. The van der Waals surface area contributed by atoms with E-state index in [1.54, 1.807) is 17.7 Å². The maximum atomic E-state index is 4.08. The molecule has 0 aromatic carbocycles. The molecule has 0 fully saturated rings. The van der Waals surface area contributed by atoms with Crippen molar-refractivity contribution >= 4 is 27.3 Å². The first-order chi connectivity index (χ1) is 7.66. The fraction of sp³-hybridized carbons (Fsp3) is 0.400. The first kappa shape index (κ1) is 11.8. The lowest BCUT2D eigenvalue weighted by Crippen LogP contribution is -2.20. The van der Waals surface area contributed by atoms with Crippen molar-refractivity contribution in [2.75, 3.05) is 0 Å². The highest BCUT2D eigenvalue weighted by Gasteiger charge is 2.10. The van der Waals surface area contributed by atoms with E-state index >= 15 is 0 Å². The number of halogens is 1. The minimum absolute atomic E-state index is 0.202. The largest absolute Gasteiger partial charge is 0.319 e. The zero-order valence-electron chi connectivity index (χ0n) is 9.14. The fourth-order valence-electron chi connectivity index (χ4n) is 1.48. The summed E-state index contributed by atoms with van der Waals surface area (Å²) >= 11 is 5.19. The molecule has 0 radical (unpaired) electrons. The van der Waals surface area contributed by atoms with Gasteiger partial charge in [-0.25, -0.2) is 0 Å². The van der Waals surface area contributed by atoms with Gasteiger partial charge in [-0.15, -0.1) is 21.5 Å². The van der Waals surface area contributed by atoms with Gasteiger partial charge in [0.05, 0.1) is 6.04 Å². The van der Waals surface area contributed by atoms with Crippen LogP contribution >= 0.6 is 27.3 Å². The molecule has 4 nitrogen and oxygen atoms in total. The Kier molecular flexibility index (Phi) is 3.73. The van der Waals surface area contributed by atoms with Gasteiger partial charge in [0.15, 0.2) is 0 Å². The van der Waals surface area contributed by atoms with Crippen LogP contribution in [0.2, 0.25) is 0 Å². The summed E-state index contributed by atoms with van der Waals surface area (Å²) in [6.07, 6.45) is 1.72. The molecule has 2 rings (SSSR count). The molecule has 0 aliphatic rings. The quantitative estimate of drug-likeness (QED) is 0.943. The lowest BCUT2D eigenvalue weighted by molar-refractivity contribution is 0.531. The van der Waals surface area contributed by atoms with Crippen molar-refractivity contribution in [2.45, 2.75) is 19.5 Å².